The van der Waals surface area contributed by atoms with Crippen molar-refractivity contribution < 1.29 is 0 Å². The van der Waals surface area contributed by atoms with Gasteiger partial charge in [0.1, 0.15) is 5.15 Å². The molecule has 2 N–H and O–H groups in total. The largest absolute Gasteiger partial charge is 0.357 e. The number of piperazine rings is 1. The van der Waals surface area contributed by atoms with Crippen LogP contribution in [0.25, 0.3) is 0 Å². The average molecular weight is 503 g/mol. The van der Waals surface area contributed by atoms with E-state index in [0.29, 0.717) is 22.8 Å². The van der Waals surface area contributed by atoms with E-state index in [1.807, 2.05) is 17.7 Å². The Kier molecular flexibility index (Phi) is 9.87. The predicted molar refractivity (Wildman–Crippen MR) is 118 cm³/mol. The molecule has 1 atom stereocenters. The minimum atomic E-state index is 0. The van der Waals surface area contributed by atoms with E-state index in [0.717, 1.165) is 44.4 Å². The summed E-state index contributed by atoms with van der Waals surface area (Å²) in [6.45, 7) is 7.55. The van der Waals surface area contributed by atoms with Crippen LogP contribution < -0.4 is 10.6 Å². The van der Waals surface area contributed by atoms with Crippen molar-refractivity contribution in [1.29, 1.82) is 0 Å². The normalized spacial score (nSPS) is 19.6. The Morgan fingerprint density at radius 3 is 2.56 bits per heavy atom. The second-order valence-electron chi connectivity index (χ2n) is 6.31. The van der Waals surface area contributed by atoms with Gasteiger partial charge >= 0.3 is 0 Å². The van der Waals surface area contributed by atoms with Crippen LogP contribution in [0.2, 0.25) is 10.2 Å². The maximum absolute atomic E-state index is 6.11. The molecular formula is C16H29Cl2IN6. The number of guanidine groups is 1. The minimum Gasteiger partial charge on any atom is -0.357 e. The van der Waals surface area contributed by atoms with Gasteiger partial charge in [0.25, 0.3) is 0 Å². The molecule has 0 aliphatic carbocycles. The third-order valence-corrected chi connectivity index (χ3v) is 5.29. The number of likely N-dealkylation sites (N-methyl/N-ethyl adjacent to an activating group) is 2. The van der Waals surface area contributed by atoms with E-state index in [1.54, 1.807) is 0 Å². The molecule has 0 bridgehead atoms. The SMILES string of the molecule is CCNC(=NCc1cc(Cl)c(Cl)n1C)NCC1CN(C)CCN1C.I. The molecule has 1 aromatic rings. The van der Waals surface area contributed by atoms with Crippen molar-refractivity contribution >= 4 is 53.1 Å². The summed E-state index contributed by atoms with van der Waals surface area (Å²) in [5.41, 5.74) is 0.983. The van der Waals surface area contributed by atoms with Gasteiger partial charge in [-0.05, 0) is 27.1 Å². The van der Waals surface area contributed by atoms with Crippen LogP contribution in [0.5, 0.6) is 0 Å². The third-order valence-electron chi connectivity index (χ3n) is 4.44. The highest BCUT2D eigenvalue weighted by atomic mass is 127. The van der Waals surface area contributed by atoms with Crippen molar-refractivity contribution in [3.05, 3.63) is 21.9 Å². The Bertz CT molecular complexity index is 577. The van der Waals surface area contributed by atoms with E-state index in [9.17, 15) is 0 Å². The van der Waals surface area contributed by atoms with E-state index in [1.165, 1.54) is 0 Å². The van der Waals surface area contributed by atoms with E-state index in [-0.39, 0.29) is 24.0 Å². The van der Waals surface area contributed by atoms with Gasteiger partial charge < -0.3 is 20.1 Å². The van der Waals surface area contributed by atoms with E-state index in [2.05, 4.69) is 46.4 Å². The Morgan fingerprint density at radius 2 is 1.96 bits per heavy atom. The van der Waals surface area contributed by atoms with Crippen molar-refractivity contribution in [3.63, 3.8) is 0 Å². The molecule has 6 nitrogen and oxygen atoms in total. The number of nitrogens with zero attached hydrogens (tertiary/aromatic N) is 4. The van der Waals surface area contributed by atoms with Gasteiger partial charge in [0.05, 0.1) is 11.6 Å². The van der Waals surface area contributed by atoms with Gasteiger partial charge in [-0.1, -0.05) is 23.2 Å². The molecule has 144 valence electrons. The number of halogens is 3. The van der Waals surface area contributed by atoms with E-state index in [4.69, 9.17) is 23.2 Å². The lowest BCUT2D eigenvalue weighted by Gasteiger charge is -2.37. The number of rotatable bonds is 5. The van der Waals surface area contributed by atoms with Gasteiger partial charge in [-0.25, -0.2) is 4.99 Å². The molecule has 0 aromatic carbocycles. The fourth-order valence-electron chi connectivity index (χ4n) is 2.78. The lowest BCUT2D eigenvalue weighted by Crippen LogP contribution is -2.55. The maximum Gasteiger partial charge on any atom is 0.191 e. The van der Waals surface area contributed by atoms with Gasteiger partial charge in [0.2, 0.25) is 0 Å². The van der Waals surface area contributed by atoms with Crippen LogP contribution in [0.1, 0.15) is 12.6 Å². The number of nitrogens with one attached hydrogen (secondary N) is 2. The monoisotopic (exact) mass is 502 g/mol. The molecule has 0 radical (unpaired) electrons. The quantitative estimate of drug-likeness (QED) is 0.368. The van der Waals surface area contributed by atoms with Crippen LogP contribution in [-0.4, -0.2) is 73.2 Å². The Balaban J connectivity index is 0.00000312. The van der Waals surface area contributed by atoms with E-state index < -0.39 is 0 Å². The zero-order valence-electron chi connectivity index (χ0n) is 15.4. The molecule has 0 spiro atoms. The van der Waals surface area contributed by atoms with Gasteiger partial charge in [-0.3, -0.25) is 4.90 Å². The van der Waals surface area contributed by atoms with Gasteiger partial charge in [-0.2, -0.15) is 0 Å². The van der Waals surface area contributed by atoms with Gasteiger partial charge in [-0.15, -0.1) is 24.0 Å². The average Bonchev–Trinajstić information content (AvgIpc) is 2.80. The second kappa shape index (κ2) is 10.8. The number of aromatic nitrogens is 1. The summed E-state index contributed by atoms with van der Waals surface area (Å²) in [6, 6.07) is 2.34. The van der Waals surface area contributed by atoms with Crippen molar-refractivity contribution in [1.82, 2.24) is 25.0 Å². The molecule has 1 aromatic heterocycles. The third kappa shape index (κ3) is 6.46. The maximum atomic E-state index is 6.11. The molecule has 9 heteroatoms. The van der Waals surface area contributed by atoms with Crippen LogP contribution >= 0.6 is 47.2 Å². The minimum absolute atomic E-state index is 0. The van der Waals surface area contributed by atoms with Crippen LogP contribution in [0.3, 0.4) is 0 Å². The Hall–Kier alpha value is -0.220. The number of hydrogen-bond acceptors (Lipinski definition) is 3. The van der Waals surface area contributed by atoms with Crippen molar-refractivity contribution in [2.75, 3.05) is 46.8 Å². The second-order valence-corrected chi connectivity index (χ2v) is 7.07. The Morgan fingerprint density at radius 1 is 1.24 bits per heavy atom. The van der Waals surface area contributed by atoms with Crippen LogP contribution in [0.4, 0.5) is 0 Å². The first kappa shape index (κ1) is 22.8. The molecule has 25 heavy (non-hydrogen) atoms. The number of aliphatic imine (C=N–C) groups is 1. The highest BCUT2D eigenvalue weighted by molar-refractivity contribution is 14.0. The van der Waals surface area contributed by atoms with Crippen molar-refractivity contribution in [2.45, 2.75) is 19.5 Å². The summed E-state index contributed by atoms with van der Waals surface area (Å²) in [5, 5.41) is 7.85. The number of hydrogen-bond donors (Lipinski definition) is 2. The van der Waals surface area contributed by atoms with E-state index >= 15 is 0 Å². The van der Waals surface area contributed by atoms with Gasteiger partial charge in [0, 0.05) is 51.5 Å². The summed E-state index contributed by atoms with van der Waals surface area (Å²) < 4.78 is 1.86. The summed E-state index contributed by atoms with van der Waals surface area (Å²) in [6.07, 6.45) is 0. The Labute approximate surface area is 177 Å². The van der Waals surface area contributed by atoms with Gasteiger partial charge in [0.15, 0.2) is 5.96 Å². The zero-order valence-corrected chi connectivity index (χ0v) is 19.2. The molecule has 1 aliphatic heterocycles. The first-order valence-corrected chi connectivity index (χ1v) is 9.08. The lowest BCUT2D eigenvalue weighted by molar-refractivity contribution is 0.116. The fraction of sp³-hybridized carbons (Fsp3) is 0.688. The molecule has 1 saturated heterocycles. The lowest BCUT2D eigenvalue weighted by atomic mass is 10.2. The van der Waals surface area contributed by atoms with Crippen molar-refractivity contribution in [3.8, 4) is 0 Å². The first-order valence-electron chi connectivity index (χ1n) is 8.33. The fourth-order valence-corrected chi connectivity index (χ4v) is 3.19. The highest BCUT2D eigenvalue weighted by Gasteiger charge is 2.22. The smallest absolute Gasteiger partial charge is 0.191 e. The van der Waals surface area contributed by atoms with Crippen LogP contribution in [-0.2, 0) is 13.6 Å². The molecule has 0 amide bonds. The topological polar surface area (TPSA) is 47.8 Å². The zero-order chi connectivity index (χ0) is 17.7. The first-order chi connectivity index (χ1) is 11.4. The molecule has 1 fully saturated rings. The molecule has 1 unspecified atom stereocenters. The molecule has 0 saturated carbocycles. The summed E-state index contributed by atoms with van der Waals surface area (Å²) in [5.74, 6) is 0.813. The van der Waals surface area contributed by atoms with Crippen LogP contribution in [0, 0.1) is 0 Å². The molecule has 2 rings (SSSR count). The highest BCUT2D eigenvalue weighted by Crippen LogP contribution is 2.25. The molecular weight excluding hydrogens is 474 g/mol. The summed E-state index contributed by atoms with van der Waals surface area (Å²) in [7, 11) is 6.24. The molecule has 2 heterocycles. The summed E-state index contributed by atoms with van der Waals surface area (Å²) >= 11 is 12.2. The van der Waals surface area contributed by atoms with Crippen LogP contribution in [0.15, 0.2) is 11.1 Å². The standard InChI is InChI=1S/C16H28Cl2N6.HI/c1-5-19-16(20-9-12-8-14(17)15(18)24(12)4)21-10-13-11-22(2)6-7-23(13)3;/h8,13H,5-7,9-11H2,1-4H3,(H2,19,20,21);1H. The molecule has 1 aliphatic rings. The summed E-state index contributed by atoms with van der Waals surface area (Å²) in [4.78, 5) is 9.41. The predicted octanol–water partition coefficient (Wildman–Crippen LogP) is 2.25. The van der Waals surface area contributed by atoms with Crippen molar-refractivity contribution in [2.24, 2.45) is 12.0 Å².